The third-order valence-electron chi connectivity index (χ3n) is 3.24. The number of benzene rings is 1. The quantitative estimate of drug-likeness (QED) is 0.870. The van der Waals surface area contributed by atoms with E-state index in [1.807, 2.05) is 19.1 Å². The van der Waals surface area contributed by atoms with E-state index in [9.17, 15) is 0 Å². The van der Waals surface area contributed by atoms with Crippen molar-refractivity contribution in [2.45, 2.75) is 26.3 Å². The van der Waals surface area contributed by atoms with Crippen molar-refractivity contribution in [2.75, 3.05) is 20.3 Å². The van der Waals surface area contributed by atoms with E-state index in [4.69, 9.17) is 9.47 Å². The zero-order valence-corrected chi connectivity index (χ0v) is 10.8. The lowest BCUT2D eigenvalue weighted by molar-refractivity contribution is 0.304. The second kappa shape index (κ2) is 5.41. The van der Waals surface area contributed by atoms with Crippen LogP contribution in [0.4, 0.5) is 0 Å². The number of para-hydroxylation sites is 1. The largest absolute Gasteiger partial charge is 0.493 e. The third kappa shape index (κ3) is 2.55. The van der Waals surface area contributed by atoms with Crippen LogP contribution in [0.2, 0.25) is 0 Å². The highest BCUT2D eigenvalue weighted by atomic mass is 16.5. The molecule has 0 saturated carbocycles. The van der Waals surface area contributed by atoms with Gasteiger partial charge in [-0.2, -0.15) is 0 Å². The van der Waals surface area contributed by atoms with E-state index >= 15 is 0 Å². The van der Waals surface area contributed by atoms with Crippen molar-refractivity contribution < 1.29 is 9.47 Å². The number of hydrogen-bond donors (Lipinski definition) is 1. The van der Waals surface area contributed by atoms with Crippen molar-refractivity contribution in [3.05, 3.63) is 23.8 Å². The van der Waals surface area contributed by atoms with Gasteiger partial charge < -0.3 is 14.8 Å². The van der Waals surface area contributed by atoms with Crippen molar-refractivity contribution >= 4 is 0 Å². The number of hydrogen-bond acceptors (Lipinski definition) is 3. The van der Waals surface area contributed by atoms with Gasteiger partial charge in [-0.25, -0.2) is 0 Å². The molecule has 1 fully saturated rings. The van der Waals surface area contributed by atoms with Crippen LogP contribution >= 0.6 is 0 Å². The molecule has 0 radical (unpaired) electrons. The minimum Gasteiger partial charge on any atom is -0.493 e. The van der Waals surface area contributed by atoms with Crippen LogP contribution in [0.3, 0.4) is 0 Å². The lowest BCUT2D eigenvalue weighted by Crippen LogP contribution is -2.15. The Bertz CT molecular complexity index is 378. The Balaban J connectivity index is 2.31. The van der Waals surface area contributed by atoms with Crippen LogP contribution in [0.15, 0.2) is 18.2 Å². The fourth-order valence-corrected chi connectivity index (χ4v) is 2.42. The maximum Gasteiger partial charge on any atom is 0.165 e. The maximum atomic E-state index is 5.74. The Morgan fingerprint density at radius 1 is 1.41 bits per heavy atom. The average Bonchev–Trinajstić information content (AvgIpc) is 2.76. The summed E-state index contributed by atoms with van der Waals surface area (Å²) in [5, 5.41) is 3.54. The lowest BCUT2D eigenvalue weighted by Gasteiger charge is -2.18. The molecule has 94 valence electrons. The van der Waals surface area contributed by atoms with Gasteiger partial charge in [0.2, 0.25) is 0 Å². The maximum absolute atomic E-state index is 5.74. The normalized spacial score (nSPS) is 23.7. The van der Waals surface area contributed by atoms with Crippen LogP contribution in [0.5, 0.6) is 11.5 Å². The molecule has 3 heteroatoms. The second-order valence-electron chi connectivity index (χ2n) is 4.61. The molecule has 1 aromatic carbocycles. The number of methoxy groups -OCH3 is 1. The fourth-order valence-electron chi connectivity index (χ4n) is 2.42. The van der Waals surface area contributed by atoms with Gasteiger partial charge in [0.25, 0.3) is 0 Å². The van der Waals surface area contributed by atoms with Crippen molar-refractivity contribution in [3.63, 3.8) is 0 Å². The van der Waals surface area contributed by atoms with E-state index in [1.165, 1.54) is 5.56 Å². The molecule has 1 N–H and O–H groups in total. The van der Waals surface area contributed by atoms with Crippen LogP contribution in [-0.4, -0.2) is 20.3 Å². The summed E-state index contributed by atoms with van der Waals surface area (Å²) in [5.41, 5.74) is 1.22. The van der Waals surface area contributed by atoms with E-state index in [2.05, 4.69) is 18.3 Å². The Morgan fingerprint density at radius 3 is 2.82 bits per heavy atom. The smallest absolute Gasteiger partial charge is 0.165 e. The second-order valence-corrected chi connectivity index (χ2v) is 4.61. The minimum absolute atomic E-state index is 0.390. The van der Waals surface area contributed by atoms with Gasteiger partial charge in [0, 0.05) is 11.6 Å². The first-order chi connectivity index (χ1) is 8.26. The molecule has 0 spiro atoms. The first-order valence-electron chi connectivity index (χ1n) is 6.29. The molecule has 0 aromatic heterocycles. The zero-order chi connectivity index (χ0) is 12.3. The van der Waals surface area contributed by atoms with E-state index in [0.29, 0.717) is 12.6 Å². The van der Waals surface area contributed by atoms with E-state index in [1.54, 1.807) is 7.11 Å². The van der Waals surface area contributed by atoms with Gasteiger partial charge in [-0.05, 0) is 31.9 Å². The van der Waals surface area contributed by atoms with Gasteiger partial charge in [-0.3, -0.25) is 0 Å². The van der Waals surface area contributed by atoms with Gasteiger partial charge in [-0.1, -0.05) is 19.1 Å². The third-order valence-corrected chi connectivity index (χ3v) is 3.24. The molecule has 1 aliphatic heterocycles. The Hall–Kier alpha value is -1.22. The standard InChI is InChI=1S/C14H21NO2/c1-4-17-14-11(6-5-7-13(14)16-3)12-8-10(2)9-15-12/h5-7,10,12,15H,4,8-9H2,1-3H3/t10-,12-/m1/s1. The summed E-state index contributed by atoms with van der Waals surface area (Å²) in [6.45, 7) is 6.01. The fraction of sp³-hybridized carbons (Fsp3) is 0.571. The number of rotatable bonds is 4. The predicted molar refractivity (Wildman–Crippen MR) is 68.7 cm³/mol. The van der Waals surface area contributed by atoms with Crippen molar-refractivity contribution in [1.29, 1.82) is 0 Å². The molecule has 0 amide bonds. The molecular formula is C14H21NO2. The summed E-state index contributed by atoms with van der Waals surface area (Å²) >= 11 is 0. The molecule has 3 nitrogen and oxygen atoms in total. The monoisotopic (exact) mass is 235 g/mol. The van der Waals surface area contributed by atoms with Crippen molar-refractivity contribution in [2.24, 2.45) is 5.92 Å². The minimum atomic E-state index is 0.390. The summed E-state index contributed by atoms with van der Waals surface area (Å²) in [6.07, 6.45) is 1.16. The van der Waals surface area contributed by atoms with Gasteiger partial charge in [0.15, 0.2) is 11.5 Å². The van der Waals surface area contributed by atoms with E-state index < -0.39 is 0 Å². The van der Waals surface area contributed by atoms with Gasteiger partial charge in [0.1, 0.15) is 0 Å². The van der Waals surface area contributed by atoms with Crippen LogP contribution in [0, 0.1) is 5.92 Å². The highest BCUT2D eigenvalue weighted by Crippen LogP contribution is 2.38. The Labute approximate surface area is 103 Å². The highest BCUT2D eigenvalue weighted by Gasteiger charge is 2.25. The van der Waals surface area contributed by atoms with Crippen molar-refractivity contribution in [1.82, 2.24) is 5.32 Å². The van der Waals surface area contributed by atoms with Crippen molar-refractivity contribution in [3.8, 4) is 11.5 Å². The average molecular weight is 235 g/mol. The van der Waals surface area contributed by atoms with E-state index in [-0.39, 0.29) is 0 Å². The molecule has 2 rings (SSSR count). The van der Waals surface area contributed by atoms with Crippen LogP contribution in [0.1, 0.15) is 31.9 Å². The molecule has 1 aliphatic rings. The molecule has 0 bridgehead atoms. The van der Waals surface area contributed by atoms with Gasteiger partial charge in [0.05, 0.1) is 13.7 Å². The van der Waals surface area contributed by atoms with Crippen LogP contribution < -0.4 is 14.8 Å². The van der Waals surface area contributed by atoms with Crippen LogP contribution in [0.25, 0.3) is 0 Å². The molecule has 1 aromatic rings. The molecule has 1 heterocycles. The highest BCUT2D eigenvalue weighted by molar-refractivity contribution is 5.48. The summed E-state index contributed by atoms with van der Waals surface area (Å²) < 4.78 is 11.1. The summed E-state index contributed by atoms with van der Waals surface area (Å²) in [6, 6.07) is 6.50. The Morgan fingerprint density at radius 2 is 2.24 bits per heavy atom. The molecule has 1 saturated heterocycles. The first-order valence-corrected chi connectivity index (χ1v) is 6.29. The number of nitrogens with one attached hydrogen (secondary N) is 1. The topological polar surface area (TPSA) is 30.5 Å². The summed E-state index contributed by atoms with van der Waals surface area (Å²) in [5.74, 6) is 2.44. The van der Waals surface area contributed by atoms with Gasteiger partial charge >= 0.3 is 0 Å². The molecule has 0 aliphatic carbocycles. The molecule has 2 atom stereocenters. The SMILES string of the molecule is CCOc1c(OC)cccc1[C@H]1C[C@@H](C)CN1. The molecular weight excluding hydrogens is 214 g/mol. The summed E-state index contributed by atoms with van der Waals surface area (Å²) in [7, 11) is 1.69. The number of ether oxygens (including phenoxy) is 2. The van der Waals surface area contributed by atoms with Gasteiger partial charge in [-0.15, -0.1) is 0 Å². The van der Waals surface area contributed by atoms with Crippen LogP contribution in [-0.2, 0) is 0 Å². The first kappa shape index (κ1) is 12.2. The summed E-state index contributed by atoms with van der Waals surface area (Å²) in [4.78, 5) is 0. The molecule has 0 unspecified atom stereocenters. The molecule has 17 heavy (non-hydrogen) atoms. The lowest BCUT2D eigenvalue weighted by atomic mass is 10.00. The van der Waals surface area contributed by atoms with E-state index in [0.717, 1.165) is 30.4 Å². The zero-order valence-electron chi connectivity index (χ0n) is 10.8. The Kier molecular flexibility index (Phi) is 3.89. The predicted octanol–water partition coefficient (Wildman–Crippen LogP) is 2.76.